The van der Waals surface area contributed by atoms with Gasteiger partial charge in [0.15, 0.2) is 0 Å². The van der Waals surface area contributed by atoms with Crippen LogP contribution in [0, 0.1) is 11.8 Å². The number of rotatable bonds is 6. The van der Waals surface area contributed by atoms with Gasteiger partial charge in [-0.05, 0) is 48.8 Å². The Morgan fingerprint density at radius 1 is 0.857 bits per heavy atom. The molecule has 28 heavy (non-hydrogen) atoms. The summed E-state index contributed by atoms with van der Waals surface area (Å²) in [5.41, 5.74) is 3.17. The molecule has 0 atom stereocenters. The van der Waals surface area contributed by atoms with Crippen LogP contribution >= 0.6 is 0 Å². The van der Waals surface area contributed by atoms with Gasteiger partial charge in [-0.2, -0.15) is 0 Å². The van der Waals surface area contributed by atoms with Crippen molar-refractivity contribution in [3.63, 3.8) is 0 Å². The van der Waals surface area contributed by atoms with Gasteiger partial charge in [0.1, 0.15) is 0 Å². The summed E-state index contributed by atoms with van der Waals surface area (Å²) in [6.45, 7) is 4.82. The first-order chi connectivity index (χ1) is 13.5. The molecular formula is C24H30N2O2. The summed E-state index contributed by atoms with van der Waals surface area (Å²) in [6.07, 6.45) is 3.06. The number of amides is 2. The Labute approximate surface area is 167 Å². The molecule has 1 saturated carbocycles. The molecule has 4 heteroatoms. The molecule has 148 valence electrons. The van der Waals surface area contributed by atoms with Crippen molar-refractivity contribution in [2.45, 2.75) is 52.0 Å². The lowest BCUT2D eigenvalue weighted by Crippen LogP contribution is -2.35. The standard InChI is InChI=1S/C24H30N2O2/c1-17(2)21-10-6-7-11-22(21)26-24(28)20-14-12-19(13-15-20)23(27)25-16-18-8-4-3-5-9-18/h3-11,17,19-20H,12-16H2,1-2H3,(H,25,27)(H,26,28). The third-order valence-corrected chi connectivity index (χ3v) is 5.62. The van der Waals surface area contributed by atoms with Crippen molar-refractivity contribution in [1.29, 1.82) is 0 Å². The molecule has 2 amide bonds. The normalized spacial score (nSPS) is 19.2. The number of benzene rings is 2. The van der Waals surface area contributed by atoms with Crippen LogP contribution in [-0.2, 0) is 16.1 Å². The molecule has 0 spiro atoms. The second kappa shape index (κ2) is 9.54. The SMILES string of the molecule is CC(C)c1ccccc1NC(=O)C1CCC(C(=O)NCc2ccccc2)CC1. The lowest BCUT2D eigenvalue weighted by atomic mass is 9.81. The zero-order valence-electron chi connectivity index (χ0n) is 16.8. The quantitative estimate of drug-likeness (QED) is 0.753. The smallest absolute Gasteiger partial charge is 0.227 e. The van der Waals surface area contributed by atoms with Crippen LogP contribution in [0.25, 0.3) is 0 Å². The van der Waals surface area contributed by atoms with Gasteiger partial charge in [-0.1, -0.05) is 62.4 Å². The maximum absolute atomic E-state index is 12.7. The van der Waals surface area contributed by atoms with Crippen molar-refractivity contribution in [2.75, 3.05) is 5.32 Å². The van der Waals surface area contributed by atoms with Gasteiger partial charge >= 0.3 is 0 Å². The van der Waals surface area contributed by atoms with Crippen molar-refractivity contribution in [3.8, 4) is 0 Å². The minimum atomic E-state index is -0.0154. The van der Waals surface area contributed by atoms with Crippen molar-refractivity contribution in [1.82, 2.24) is 5.32 Å². The summed E-state index contributed by atoms with van der Waals surface area (Å²) in [5.74, 6) is 0.541. The highest BCUT2D eigenvalue weighted by Gasteiger charge is 2.30. The lowest BCUT2D eigenvalue weighted by Gasteiger charge is -2.27. The van der Waals surface area contributed by atoms with Crippen molar-refractivity contribution < 1.29 is 9.59 Å². The van der Waals surface area contributed by atoms with Crippen LogP contribution in [0.4, 0.5) is 5.69 Å². The van der Waals surface area contributed by atoms with E-state index in [0.29, 0.717) is 12.5 Å². The minimum Gasteiger partial charge on any atom is -0.352 e. The molecule has 2 aromatic carbocycles. The first-order valence-electron chi connectivity index (χ1n) is 10.3. The molecule has 2 aromatic rings. The maximum atomic E-state index is 12.7. The number of hydrogen-bond donors (Lipinski definition) is 2. The molecule has 0 aromatic heterocycles. The number of hydrogen-bond acceptors (Lipinski definition) is 2. The van der Waals surface area contributed by atoms with Crippen LogP contribution in [0.1, 0.15) is 56.6 Å². The fourth-order valence-corrected chi connectivity index (χ4v) is 3.90. The van der Waals surface area contributed by atoms with Gasteiger partial charge in [0.05, 0.1) is 0 Å². The molecule has 0 saturated heterocycles. The maximum Gasteiger partial charge on any atom is 0.227 e. The fraction of sp³-hybridized carbons (Fsp3) is 0.417. The van der Waals surface area contributed by atoms with Crippen LogP contribution in [-0.4, -0.2) is 11.8 Å². The van der Waals surface area contributed by atoms with E-state index in [2.05, 4.69) is 30.5 Å². The summed E-state index contributed by atoms with van der Waals surface area (Å²) in [4.78, 5) is 25.2. The monoisotopic (exact) mass is 378 g/mol. The Hall–Kier alpha value is -2.62. The molecule has 0 bridgehead atoms. The zero-order chi connectivity index (χ0) is 19.9. The molecule has 0 unspecified atom stereocenters. The second-order valence-corrected chi connectivity index (χ2v) is 7.98. The average molecular weight is 379 g/mol. The molecule has 4 nitrogen and oxygen atoms in total. The lowest BCUT2D eigenvalue weighted by molar-refractivity contribution is -0.128. The Balaban J connectivity index is 1.48. The predicted octanol–water partition coefficient (Wildman–Crippen LogP) is 4.87. The number of carbonyl (C=O) groups is 2. The summed E-state index contributed by atoms with van der Waals surface area (Å²) in [7, 11) is 0. The van der Waals surface area contributed by atoms with Crippen molar-refractivity contribution in [3.05, 3.63) is 65.7 Å². The molecule has 3 rings (SSSR count). The Morgan fingerprint density at radius 3 is 2.07 bits per heavy atom. The van der Waals surface area contributed by atoms with Gasteiger partial charge in [-0.3, -0.25) is 9.59 Å². The van der Waals surface area contributed by atoms with E-state index in [0.717, 1.165) is 42.5 Å². The van der Waals surface area contributed by atoms with Crippen LogP contribution in [0.3, 0.4) is 0 Å². The highest BCUT2D eigenvalue weighted by atomic mass is 16.2. The number of anilines is 1. The molecule has 0 heterocycles. The molecule has 1 aliphatic carbocycles. The van der Waals surface area contributed by atoms with Crippen LogP contribution in [0.15, 0.2) is 54.6 Å². The average Bonchev–Trinajstić information content (AvgIpc) is 2.73. The first kappa shape index (κ1) is 20.1. The van der Waals surface area contributed by atoms with Crippen LogP contribution < -0.4 is 10.6 Å². The highest BCUT2D eigenvalue weighted by molar-refractivity contribution is 5.93. The predicted molar refractivity (Wildman–Crippen MR) is 113 cm³/mol. The zero-order valence-corrected chi connectivity index (χ0v) is 16.8. The summed E-state index contributed by atoms with van der Waals surface area (Å²) in [5, 5.41) is 6.15. The van der Waals surface area contributed by atoms with E-state index < -0.39 is 0 Å². The van der Waals surface area contributed by atoms with Crippen molar-refractivity contribution >= 4 is 17.5 Å². The van der Waals surface area contributed by atoms with Crippen molar-refractivity contribution in [2.24, 2.45) is 11.8 Å². The topological polar surface area (TPSA) is 58.2 Å². The molecule has 1 fully saturated rings. The van der Waals surface area contributed by atoms with E-state index in [9.17, 15) is 9.59 Å². The molecule has 1 aliphatic rings. The van der Waals surface area contributed by atoms with E-state index in [-0.39, 0.29) is 23.7 Å². The van der Waals surface area contributed by atoms with Gasteiger partial charge < -0.3 is 10.6 Å². The first-order valence-corrected chi connectivity index (χ1v) is 10.3. The van der Waals surface area contributed by atoms with Gasteiger partial charge in [0, 0.05) is 24.1 Å². The highest BCUT2D eigenvalue weighted by Crippen LogP contribution is 2.31. The van der Waals surface area contributed by atoms with E-state index in [1.807, 2.05) is 48.5 Å². The number of nitrogens with one attached hydrogen (secondary N) is 2. The third kappa shape index (κ3) is 5.22. The van der Waals surface area contributed by atoms with Gasteiger partial charge in [0.25, 0.3) is 0 Å². The largest absolute Gasteiger partial charge is 0.352 e. The second-order valence-electron chi connectivity index (χ2n) is 7.98. The molecule has 2 N–H and O–H groups in total. The molecule has 0 aliphatic heterocycles. The minimum absolute atomic E-state index is 0.00992. The van der Waals surface area contributed by atoms with E-state index in [1.54, 1.807) is 0 Å². The fourth-order valence-electron chi connectivity index (χ4n) is 3.90. The van der Waals surface area contributed by atoms with E-state index in [1.165, 1.54) is 0 Å². The van der Waals surface area contributed by atoms with E-state index in [4.69, 9.17) is 0 Å². The third-order valence-electron chi connectivity index (χ3n) is 5.62. The summed E-state index contributed by atoms with van der Waals surface area (Å²) >= 11 is 0. The Kier molecular flexibility index (Phi) is 6.85. The van der Waals surface area contributed by atoms with Gasteiger partial charge in [-0.25, -0.2) is 0 Å². The van der Waals surface area contributed by atoms with E-state index >= 15 is 0 Å². The molecular weight excluding hydrogens is 348 g/mol. The molecule has 0 radical (unpaired) electrons. The summed E-state index contributed by atoms with van der Waals surface area (Å²) in [6, 6.07) is 17.9. The van der Waals surface area contributed by atoms with Crippen LogP contribution in [0.5, 0.6) is 0 Å². The Morgan fingerprint density at radius 2 is 1.43 bits per heavy atom. The van der Waals surface area contributed by atoms with Gasteiger partial charge in [0.2, 0.25) is 11.8 Å². The number of carbonyl (C=O) groups excluding carboxylic acids is 2. The summed E-state index contributed by atoms with van der Waals surface area (Å²) < 4.78 is 0. The Bertz CT molecular complexity index is 793. The van der Waals surface area contributed by atoms with Gasteiger partial charge in [-0.15, -0.1) is 0 Å². The number of para-hydroxylation sites is 1. The van der Waals surface area contributed by atoms with Crippen LogP contribution in [0.2, 0.25) is 0 Å².